The Morgan fingerprint density at radius 2 is 2.20 bits per heavy atom. The quantitative estimate of drug-likeness (QED) is 0.767. The summed E-state index contributed by atoms with van der Waals surface area (Å²) in [6, 6.07) is 4.10. The molecule has 1 aliphatic rings. The smallest absolute Gasteiger partial charge is 0.0964 e. The molecule has 0 amide bonds. The van der Waals surface area contributed by atoms with Gasteiger partial charge in [-0.15, -0.1) is 0 Å². The first-order valence-electron chi connectivity index (χ1n) is 5.61. The van der Waals surface area contributed by atoms with Crippen LogP contribution in [0.25, 0.3) is 0 Å². The van der Waals surface area contributed by atoms with Crippen molar-refractivity contribution < 1.29 is 4.74 Å². The van der Waals surface area contributed by atoms with Gasteiger partial charge < -0.3 is 10.1 Å². The van der Waals surface area contributed by atoms with Crippen LogP contribution in [0.5, 0.6) is 0 Å². The van der Waals surface area contributed by atoms with Crippen molar-refractivity contribution >= 4 is 0 Å². The number of pyridine rings is 1. The number of ether oxygens (including phenoxy) is 1. The molecule has 1 saturated heterocycles. The second-order valence-corrected chi connectivity index (χ2v) is 3.30. The van der Waals surface area contributed by atoms with Crippen LogP contribution in [0.15, 0.2) is 18.3 Å². The largest absolute Gasteiger partial charge is 0.371 e. The highest BCUT2D eigenvalue weighted by molar-refractivity contribution is 5.16. The van der Waals surface area contributed by atoms with Crippen LogP contribution in [-0.4, -0.2) is 24.7 Å². The Bertz CT molecular complexity index is 265. The first kappa shape index (κ1) is 12.1. The third kappa shape index (κ3) is 3.61. The molecule has 0 aliphatic carbocycles. The van der Waals surface area contributed by atoms with Gasteiger partial charge in [-0.3, -0.25) is 4.98 Å². The molecule has 2 rings (SSSR count). The standard InChI is InChI=1S/C10H14N2O.C2H6/c1-8-2-3-9(6-12-8)10-7-11-4-5-13-10;1-2/h2-3,6,10-11H,4-5,7H2,1H3;1-2H3. The summed E-state index contributed by atoms with van der Waals surface area (Å²) in [7, 11) is 0. The van der Waals surface area contributed by atoms with Gasteiger partial charge in [0, 0.05) is 30.5 Å². The Hall–Kier alpha value is -0.930. The molecular weight excluding hydrogens is 188 g/mol. The molecule has 0 saturated carbocycles. The van der Waals surface area contributed by atoms with Gasteiger partial charge in [0.15, 0.2) is 0 Å². The average molecular weight is 208 g/mol. The lowest BCUT2D eigenvalue weighted by Crippen LogP contribution is -2.33. The van der Waals surface area contributed by atoms with E-state index in [1.165, 1.54) is 0 Å². The molecule has 3 heteroatoms. The Kier molecular flexibility index (Phi) is 5.29. The van der Waals surface area contributed by atoms with E-state index in [0.717, 1.165) is 31.0 Å². The first-order chi connectivity index (χ1) is 7.36. The van der Waals surface area contributed by atoms with Gasteiger partial charge in [0.25, 0.3) is 0 Å². The maximum Gasteiger partial charge on any atom is 0.0964 e. The Morgan fingerprint density at radius 1 is 1.40 bits per heavy atom. The van der Waals surface area contributed by atoms with Gasteiger partial charge in [0.05, 0.1) is 12.7 Å². The van der Waals surface area contributed by atoms with Crippen LogP contribution < -0.4 is 5.32 Å². The molecular formula is C12H20N2O. The molecule has 1 N–H and O–H groups in total. The molecule has 1 fully saturated rings. The number of hydrogen-bond donors (Lipinski definition) is 1. The lowest BCUT2D eigenvalue weighted by Gasteiger charge is -2.23. The summed E-state index contributed by atoms with van der Waals surface area (Å²) in [6.45, 7) is 8.63. The summed E-state index contributed by atoms with van der Waals surface area (Å²) in [4.78, 5) is 4.25. The highest BCUT2D eigenvalue weighted by atomic mass is 16.5. The van der Waals surface area contributed by atoms with E-state index in [1.54, 1.807) is 0 Å². The molecule has 1 aliphatic heterocycles. The molecule has 2 heterocycles. The normalized spacial score (nSPS) is 20.3. The minimum atomic E-state index is 0.182. The van der Waals surface area contributed by atoms with Crippen LogP contribution in [-0.2, 0) is 4.74 Å². The number of nitrogens with one attached hydrogen (secondary N) is 1. The Labute approximate surface area is 91.9 Å². The Balaban J connectivity index is 0.000000531. The summed E-state index contributed by atoms with van der Waals surface area (Å²) in [6.07, 6.45) is 2.08. The number of aromatic nitrogens is 1. The molecule has 1 aromatic rings. The maximum atomic E-state index is 5.60. The highest BCUT2D eigenvalue weighted by Crippen LogP contribution is 2.17. The number of aryl methyl sites for hydroxylation is 1. The van der Waals surface area contributed by atoms with Crippen LogP contribution in [0.3, 0.4) is 0 Å². The zero-order valence-electron chi connectivity index (χ0n) is 9.79. The maximum absolute atomic E-state index is 5.60. The van der Waals surface area contributed by atoms with Crippen molar-refractivity contribution in [2.75, 3.05) is 19.7 Å². The van der Waals surface area contributed by atoms with Crippen molar-refractivity contribution in [3.05, 3.63) is 29.6 Å². The Morgan fingerprint density at radius 3 is 2.73 bits per heavy atom. The summed E-state index contributed by atoms with van der Waals surface area (Å²) in [5.41, 5.74) is 2.21. The SMILES string of the molecule is CC.Cc1ccc(C2CNCCO2)cn1. The summed E-state index contributed by atoms with van der Waals surface area (Å²) in [5, 5.41) is 3.30. The van der Waals surface area contributed by atoms with Crippen LogP contribution >= 0.6 is 0 Å². The topological polar surface area (TPSA) is 34.1 Å². The van der Waals surface area contributed by atoms with Gasteiger partial charge >= 0.3 is 0 Å². The van der Waals surface area contributed by atoms with Gasteiger partial charge in [0.1, 0.15) is 0 Å². The second kappa shape index (κ2) is 6.53. The van der Waals surface area contributed by atoms with Crippen molar-refractivity contribution in [3.8, 4) is 0 Å². The molecule has 0 aromatic carbocycles. The van der Waals surface area contributed by atoms with Crippen molar-refractivity contribution in [2.24, 2.45) is 0 Å². The lowest BCUT2D eigenvalue weighted by atomic mass is 10.1. The van der Waals surface area contributed by atoms with Crippen molar-refractivity contribution in [1.82, 2.24) is 10.3 Å². The van der Waals surface area contributed by atoms with E-state index in [9.17, 15) is 0 Å². The van der Waals surface area contributed by atoms with Gasteiger partial charge in [0.2, 0.25) is 0 Å². The third-order valence-corrected chi connectivity index (χ3v) is 2.23. The minimum absolute atomic E-state index is 0.182. The van der Waals surface area contributed by atoms with E-state index >= 15 is 0 Å². The van der Waals surface area contributed by atoms with E-state index in [0.29, 0.717) is 0 Å². The fourth-order valence-electron chi connectivity index (χ4n) is 1.45. The van der Waals surface area contributed by atoms with Crippen molar-refractivity contribution in [1.29, 1.82) is 0 Å². The van der Waals surface area contributed by atoms with Crippen LogP contribution in [0.1, 0.15) is 31.2 Å². The fourth-order valence-corrected chi connectivity index (χ4v) is 1.45. The number of rotatable bonds is 1. The van der Waals surface area contributed by atoms with Crippen molar-refractivity contribution in [2.45, 2.75) is 26.9 Å². The number of hydrogen-bond acceptors (Lipinski definition) is 3. The summed E-state index contributed by atoms with van der Waals surface area (Å²) >= 11 is 0. The van der Waals surface area contributed by atoms with Crippen LogP contribution in [0, 0.1) is 6.92 Å². The van der Waals surface area contributed by atoms with E-state index in [1.807, 2.05) is 33.0 Å². The lowest BCUT2D eigenvalue weighted by molar-refractivity contribution is 0.0275. The zero-order chi connectivity index (χ0) is 11.1. The van der Waals surface area contributed by atoms with Gasteiger partial charge in [-0.05, 0) is 13.0 Å². The van der Waals surface area contributed by atoms with Crippen LogP contribution in [0.4, 0.5) is 0 Å². The molecule has 3 nitrogen and oxygen atoms in total. The number of morpholine rings is 1. The molecule has 1 aromatic heterocycles. The van der Waals surface area contributed by atoms with E-state index in [-0.39, 0.29) is 6.10 Å². The summed E-state index contributed by atoms with van der Waals surface area (Å²) in [5.74, 6) is 0. The molecule has 0 spiro atoms. The molecule has 1 atom stereocenters. The molecule has 0 bridgehead atoms. The molecule has 1 unspecified atom stereocenters. The monoisotopic (exact) mass is 208 g/mol. The molecule has 84 valence electrons. The zero-order valence-corrected chi connectivity index (χ0v) is 9.79. The minimum Gasteiger partial charge on any atom is -0.371 e. The average Bonchev–Trinajstić information content (AvgIpc) is 2.34. The number of nitrogens with zero attached hydrogens (tertiary/aromatic N) is 1. The predicted octanol–water partition coefficient (Wildman–Crippen LogP) is 2.08. The first-order valence-corrected chi connectivity index (χ1v) is 5.61. The van der Waals surface area contributed by atoms with E-state index < -0.39 is 0 Å². The van der Waals surface area contributed by atoms with Gasteiger partial charge in [-0.1, -0.05) is 19.9 Å². The molecule has 15 heavy (non-hydrogen) atoms. The third-order valence-electron chi connectivity index (χ3n) is 2.23. The summed E-state index contributed by atoms with van der Waals surface area (Å²) < 4.78 is 5.60. The van der Waals surface area contributed by atoms with Crippen LogP contribution in [0.2, 0.25) is 0 Å². The van der Waals surface area contributed by atoms with Gasteiger partial charge in [-0.2, -0.15) is 0 Å². The highest BCUT2D eigenvalue weighted by Gasteiger charge is 2.15. The second-order valence-electron chi connectivity index (χ2n) is 3.30. The molecule has 0 radical (unpaired) electrons. The van der Waals surface area contributed by atoms with E-state index in [4.69, 9.17) is 4.74 Å². The van der Waals surface area contributed by atoms with E-state index in [2.05, 4.69) is 16.4 Å². The van der Waals surface area contributed by atoms with Gasteiger partial charge in [-0.25, -0.2) is 0 Å². The van der Waals surface area contributed by atoms with Crippen molar-refractivity contribution in [3.63, 3.8) is 0 Å². The fraction of sp³-hybridized carbons (Fsp3) is 0.583. The predicted molar refractivity (Wildman–Crippen MR) is 61.9 cm³/mol.